The highest BCUT2D eigenvalue weighted by atomic mass is 32.2. The van der Waals surface area contributed by atoms with Crippen molar-refractivity contribution in [1.82, 2.24) is 0 Å². The summed E-state index contributed by atoms with van der Waals surface area (Å²) < 4.78 is 72.0. The first kappa shape index (κ1) is 27.3. The fraction of sp³-hybridized carbons (Fsp3) is 0.652. The van der Waals surface area contributed by atoms with E-state index in [9.17, 15) is 36.3 Å². The molecule has 0 aromatic heterocycles. The van der Waals surface area contributed by atoms with E-state index in [1.807, 2.05) is 0 Å². The molecule has 3 rings (SSSR count). The molecule has 2 fully saturated rings. The second-order valence-corrected chi connectivity index (χ2v) is 11.7. The van der Waals surface area contributed by atoms with Gasteiger partial charge in [-0.1, -0.05) is 6.07 Å². The summed E-state index contributed by atoms with van der Waals surface area (Å²) in [5.74, 6) is -1.57. The van der Waals surface area contributed by atoms with Crippen molar-refractivity contribution in [2.45, 2.75) is 77.5 Å². The Labute approximate surface area is 203 Å². The van der Waals surface area contributed by atoms with Gasteiger partial charge < -0.3 is 14.7 Å². The van der Waals surface area contributed by atoms with E-state index in [4.69, 9.17) is 4.74 Å². The van der Waals surface area contributed by atoms with Crippen LogP contribution in [0.15, 0.2) is 12.1 Å². The van der Waals surface area contributed by atoms with Crippen LogP contribution >= 0.6 is 0 Å². The summed E-state index contributed by atoms with van der Waals surface area (Å²) in [5, 5.41) is 9.36. The first-order chi connectivity index (χ1) is 16.1. The Hall–Kier alpha value is -2.34. The molecule has 0 bridgehead atoms. The molecule has 1 aromatic carbocycles. The van der Waals surface area contributed by atoms with Crippen LogP contribution < -0.4 is 9.21 Å². The maximum Gasteiger partial charge on any atom is 0.516 e. The summed E-state index contributed by atoms with van der Waals surface area (Å²) in [6, 6.07) is 2.80. The number of carboxylic acid groups (broad SMARTS) is 1. The molecule has 1 aromatic rings. The van der Waals surface area contributed by atoms with Crippen LogP contribution in [0.2, 0.25) is 0 Å². The van der Waals surface area contributed by atoms with Crippen LogP contribution in [-0.4, -0.2) is 56.2 Å². The van der Waals surface area contributed by atoms with Crippen molar-refractivity contribution in [3.8, 4) is 0 Å². The minimum Gasteiger partial charge on any atom is -0.481 e. The van der Waals surface area contributed by atoms with Crippen LogP contribution in [0, 0.1) is 19.3 Å². The number of nitrogens with zero attached hydrogens (tertiary/aromatic N) is 2. The van der Waals surface area contributed by atoms with E-state index in [2.05, 4.69) is 0 Å². The van der Waals surface area contributed by atoms with Crippen LogP contribution in [-0.2, 0) is 24.3 Å². The smallest absolute Gasteiger partial charge is 0.481 e. The van der Waals surface area contributed by atoms with E-state index < -0.39 is 39.6 Å². The third-order valence-corrected chi connectivity index (χ3v) is 8.29. The Morgan fingerprint density at radius 2 is 1.80 bits per heavy atom. The van der Waals surface area contributed by atoms with Gasteiger partial charge in [0.05, 0.1) is 17.2 Å². The van der Waals surface area contributed by atoms with E-state index >= 15 is 0 Å². The van der Waals surface area contributed by atoms with Gasteiger partial charge in [-0.2, -0.15) is 21.6 Å². The maximum atomic E-state index is 13.6. The van der Waals surface area contributed by atoms with Crippen LogP contribution in [0.1, 0.15) is 57.1 Å². The lowest BCUT2D eigenvalue weighted by atomic mass is 9.89. The number of ether oxygens (including phenoxy) is 1. The number of carboxylic acids is 1. The van der Waals surface area contributed by atoms with Gasteiger partial charge in [0.15, 0.2) is 0 Å². The molecule has 1 aliphatic carbocycles. The monoisotopic (exact) mass is 520 g/mol. The largest absolute Gasteiger partial charge is 0.516 e. The summed E-state index contributed by atoms with van der Waals surface area (Å²) in [6.45, 7) is 5.37. The molecular weight excluding hydrogens is 489 g/mol. The molecule has 1 unspecified atom stereocenters. The quantitative estimate of drug-likeness (QED) is 0.525. The molecule has 0 spiro atoms. The number of benzene rings is 1. The molecule has 12 heteroatoms. The number of sulfonamides is 1. The SMILES string of the molecule is Cc1cc(C)c(N(CCC(C)(C)C(=O)O)S(=O)(=O)C(F)(F)F)cc1N1CCC(OC2CCC2)C1=O. The third kappa shape index (κ3) is 5.42. The molecule has 8 nitrogen and oxygen atoms in total. The number of hydrogen-bond donors (Lipinski definition) is 1. The predicted octanol–water partition coefficient (Wildman–Crippen LogP) is 4.13. The molecule has 1 aliphatic heterocycles. The zero-order valence-electron chi connectivity index (χ0n) is 20.2. The average Bonchev–Trinajstić information content (AvgIpc) is 3.05. The zero-order valence-corrected chi connectivity index (χ0v) is 21.0. The highest BCUT2D eigenvalue weighted by Crippen LogP contribution is 2.39. The summed E-state index contributed by atoms with van der Waals surface area (Å²) in [6.07, 6.45) is 2.26. The Balaban J connectivity index is 2.00. The second-order valence-electron chi connectivity index (χ2n) is 9.84. The molecular formula is C23H31F3N2O6S. The number of alkyl halides is 3. The van der Waals surface area contributed by atoms with E-state index in [0.29, 0.717) is 17.7 Å². The van der Waals surface area contributed by atoms with Crippen LogP contribution in [0.5, 0.6) is 0 Å². The number of anilines is 2. The summed E-state index contributed by atoms with van der Waals surface area (Å²) >= 11 is 0. The lowest BCUT2D eigenvalue weighted by Gasteiger charge is -2.31. The van der Waals surface area contributed by atoms with Crippen molar-refractivity contribution in [1.29, 1.82) is 0 Å². The normalized spacial score (nSPS) is 19.7. The van der Waals surface area contributed by atoms with E-state index in [0.717, 1.165) is 19.3 Å². The van der Waals surface area contributed by atoms with Gasteiger partial charge in [0.25, 0.3) is 5.91 Å². The average molecular weight is 521 g/mol. The summed E-state index contributed by atoms with van der Waals surface area (Å²) in [7, 11) is -5.84. The molecule has 1 atom stereocenters. The molecule has 1 heterocycles. The van der Waals surface area contributed by atoms with Gasteiger partial charge in [-0.25, -0.2) is 0 Å². The molecule has 1 N–H and O–H groups in total. The highest BCUT2D eigenvalue weighted by molar-refractivity contribution is 7.93. The molecule has 196 valence electrons. The lowest BCUT2D eigenvalue weighted by molar-refractivity contribution is -0.147. The van der Waals surface area contributed by atoms with Gasteiger partial charge in [0, 0.05) is 25.2 Å². The number of aryl methyl sites for hydroxylation is 2. The van der Waals surface area contributed by atoms with Crippen molar-refractivity contribution in [3.05, 3.63) is 23.3 Å². The number of aliphatic carboxylic acids is 1. The minimum absolute atomic E-state index is 0.0311. The fourth-order valence-electron chi connectivity index (χ4n) is 4.13. The van der Waals surface area contributed by atoms with Gasteiger partial charge in [-0.05, 0) is 70.6 Å². The molecule has 1 saturated heterocycles. The zero-order chi connectivity index (χ0) is 26.3. The van der Waals surface area contributed by atoms with Crippen molar-refractivity contribution in [2.24, 2.45) is 5.41 Å². The van der Waals surface area contributed by atoms with Crippen molar-refractivity contribution >= 4 is 33.3 Å². The topological polar surface area (TPSA) is 104 Å². The lowest BCUT2D eigenvalue weighted by Crippen LogP contribution is -2.43. The molecule has 35 heavy (non-hydrogen) atoms. The van der Waals surface area contributed by atoms with Gasteiger partial charge in [-0.15, -0.1) is 0 Å². The molecule has 2 aliphatic rings. The van der Waals surface area contributed by atoms with Crippen LogP contribution in [0.3, 0.4) is 0 Å². The minimum atomic E-state index is -5.84. The standard InChI is InChI=1S/C23H31F3N2O6S/c1-14-12-15(2)18(13-17(14)27-10-8-19(20(27)29)34-16-6-5-7-16)28(35(32,33)23(24,25)26)11-9-22(3,4)21(30)31/h12-13,16,19H,5-11H2,1-4H3,(H,30,31). The second kappa shape index (κ2) is 9.61. The predicted molar refractivity (Wildman–Crippen MR) is 124 cm³/mol. The highest BCUT2D eigenvalue weighted by Gasteiger charge is 2.51. The Bertz CT molecular complexity index is 1100. The molecule has 1 amide bonds. The number of halogens is 3. The number of rotatable bonds is 9. The number of carbonyl (C=O) groups is 2. The van der Waals surface area contributed by atoms with Crippen LogP contribution in [0.4, 0.5) is 24.5 Å². The first-order valence-corrected chi connectivity index (χ1v) is 12.9. The van der Waals surface area contributed by atoms with Crippen molar-refractivity contribution in [2.75, 3.05) is 22.3 Å². The third-order valence-electron chi connectivity index (χ3n) is 6.74. The summed E-state index contributed by atoms with van der Waals surface area (Å²) in [5.41, 5.74) is -6.16. The Morgan fingerprint density at radius 1 is 1.17 bits per heavy atom. The number of carbonyl (C=O) groups excluding carboxylic acids is 1. The van der Waals surface area contributed by atoms with Crippen molar-refractivity contribution in [3.63, 3.8) is 0 Å². The van der Waals surface area contributed by atoms with E-state index in [1.165, 1.54) is 37.8 Å². The van der Waals surface area contributed by atoms with Gasteiger partial charge in [0.2, 0.25) is 0 Å². The van der Waals surface area contributed by atoms with Crippen molar-refractivity contribution < 1.29 is 41.0 Å². The van der Waals surface area contributed by atoms with E-state index in [1.54, 1.807) is 6.92 Å². The molecule has 1 saturated carbocycles. The first-order valence-electron chi connectivity index (χ1n) is 11.5. The van der Waals surface area contributed by atoms with Gasteiger partial charge in [0.1, 0.15) is 6.10 Å². The van der Waals surface area contributed by atoms with E-state index in [-0.39, 0.29) is 40.5 Å². The number of amides is 1. The fourth-order valence-corrected chi connectivity index (χ4v) is 5.17. The molecule has 0 radical (unpaired) electrons. The van der Waals surface area contributed by atoms with Crippen LogP contribution in [0.25, 0.3) is 0 Å². The van der Waals surface area contributed by atoms with Gasteiger partial charge >= 0.3 is 21.5 Å². The Morgan fingerprint density at radius 3 is 2.31 bits per heavy atom. The Kier molecular flexibility index (Phi) is 7.48. The maximum absolute atomic E-state index is 13.6. The summed E-state index contributed by atoms with van der Waals surface area (Å²) in [4.78, 5) is 25.9. The van der Waals surface area contributed by atoms with Gasteiger partial charge in [-0.3, -0.25) is 13.9 Å². The number of hydrogen-bond acceptors (Lipinski definition) is 5.